The third-order valence-electron chi connectivity index (χ3n) is 4.67. The predicted molar refractivity (Wildman–Crippen MR) is 112 cm³/mol. The maximum absolute atomic E-state index is 13.1. The Morgan fingerprint density at radius 3 is 2.80 bits per heavy atom. The lowest BCUT2D eigenvalue weighted by atomic mass is 10.0. The Hall–Kier alpha value is -2.68. The van der Waals surface area contributed by atoms with Crippen LogP contribution in [-0.4, -0.2) is 53.0 Å². The van der Waals surface area contributed by atoms with E-state index >= 15 is 0 Å². The van der Waals surface area contributed by atoms with Crippen LogP contribution in [-0.2, 0) is 32.1 Å². The molecule has 0 amide bonds. The lowest BCUT2D eigenvalue weighted by Gasteiger charge is -2.26. The van der Waals surface area contributed by atoms with E-state index in [-0.39, 0.29) is 23.9 Å². The molecule has 0 aliphatic carbocycles. The fourth-order valence-electron chi connectivity index (χ4n) is 3.02. The molecular weight excluding hydrogens is 410 g/mol. The zero-order valence-electron chi connectivity index (χ0n) is 16.9. The molecule has 1 N–H and O–H groups in total. The number of aliphatic hydroxyl groups excluding tert-OH is 1. The summed E-state index contributed by atoms with van der Waals surface area (Å²) in [6.07, 6.45) is 0.826. The average molecular weight is 434 g/mol. The molecule has 1 fully saturated rings. The first kappa shape index (κ1) is 22.0. The topological polar surface area (TPSA) is 95.2 Å². The Bertz CT molecular complexity index is 950. The summed E-state index contributed by atoms with van der Waals surface area (Å²) in [5.41, 5.74) is 2.22. The van der Waals surface area contributed by atoms with Crippen molar-refractivity contribution < 1.29 is 24.2 Å². The summed E-state index contributed by atoms with van der Waals surface area (Å²) in [6, 6.07) is 7.22. The first-order valence-corrected chi connectivity index (χ1v) is 9.87. The fraction of sp³-hybridized carbons (Fsp3) is 0.381. The number of esters is 1. The third kappa shape index (κ3) is 5.08. The minimum absolute atomic E-state index is 0.165. The van der Waals surface area contributed by atoms with E-state index in [2.05, 4.69) is 17.0 Å². The first-order valence-electron chi connectivity index (χ1n) is 9.49. The molecule has 2 aromatic rings. The van der Waals surface area contributed by atoms with Crippen LogP contribution in [0.15, 0.2) is 41.2 Å². The molecule has 1 aromatic heterocycles. The molecule has 9 heteroatoms. The lowest BCUT2D eigenvalue weighted by Crippen LogP contribution is -2.38. The van der Waals surface area contributed by atoms with Gasteiger partial charge < -0.3 is 19.4 Å². The SMILES string of the molecule is C=NO/C(=C(\Cc1ccccc1Cl)C(=O)OC1COC1)c1cnn(CC(C)O)c1C. The minimum Gasteiger partial charge on any atom is -0.454 e. The molecule has 30 heavy (non-hydrogen) atoms. The number of nitrogens with zero attached hydrogens (tertiary/aromatic N) is 3. The molecule has 0 bridgehead atoms. The Balaban J connectivity index is 2.07. The van der Waals surface area contributed by atoms with E-state index in [0.29, 0.717) is 36.0 Å². The van der Waals surface area contributed by atoms with Gasteiger partial charge in [0.2, 0.25) is 0 Å². The molecule has 1 aliphatic heterocycles. The molecular formula is C21H24ClN3O5. The quantitative estimate of drug-likeness (QED) is 0.215. The van der Waals surface area contributed by atoms with Gasteiger partial charge in [0, 0.05) is 23.9 Å². The van der Waals surface area contributed by atoms with Crippen molar-refractivity contribution in [3.63, 3.8) is 0 Å². The maximum Gasteiger partial charge on any atom is 0.338 e. The molecule has 0 radical (unpaired) electrons. The van der Waals surface area contributed by atoms with Gasteiger partial charge in [0.1, 0.15) is 6.10 Å². The molecule has 1 saturated heterocycles. The number of halogens is 1. The van der Waals surface area contributed by atoms with Gasteiger partial charge in [-0.05, 0) is 25.5 Å². The highest BCUT2D eigenvalue weighted by atomic mass is 35.5. The van der Waals surface area contributed by atoms with Gasteiger partial charge in [-0.15, -0.1) is 0 Å². The number of carbonyl (C=O) groups excluding carboxylic acids is 1. The Kier molecular flexibility index (Phi) is 7.25. The Morgan fingerprint density at radius 1 is 1.47 bits per heavy atom. The van der Waals surface area contributed by atoms with E-state index in [0.717, 1.165) is 5.56 Å². The Labute approximate surface area is 179 Å². The van der Waals surface area contributed by atoms with Gasteiger partial charge in [0.05, 0.1) is 43.2 Å². The van der Waals surface area contributed by atoms with Gasteiger partial charge in [0.15, 0.2) is 5.76 Å². The van der Waals surface area contributed by atoms with Crippen molar-refractivity contribution in [1.29, 1.82) is 0 Å². The van der Waals surface area contributed by atoms with Crippen LogP contribution in [0.2, 0.25) is 5.02 Å². The molecule has 2 heterocycles. The van der Waals surface area contributed by atoms with Crippen molar-refractivity contribution in [3.8, 4) is 0 Å². The van der Waals surface area contributed by atoms with Crippen molar-refractivity contribution in [1.82, 2.24) is 9.78 Å². The van der Waals surface area contributed by atoms with Gasteiger partial charge in [0.25, 0.3) is 0 Å². The lowest BCUT2D eigenvalue weighted by molar-refractivity contribution is -0.167. The summed E-state index contributed by atoms with van der Waals surface area (Å²) >= 11 is 6.32. The molecule has 0 saturated carbocycles. The van der Waals surface area contributed by atoms with E-state index in [1.54, 1.807) is 23.9 Å². The van der Waals surface area contributed by atoms with Crippen LogP contribution in [0.4, 0.5) is 0 Å². The number of carbonyl (C=O) groups is 1. The predicted octanol–water partition coefficient (Wildman–Crippen LogP) is 2.75. The van der Waals surface area contributed by atoms with Gasteiger partial charge in [-0.2, -0.15) is 5.10 Å². The summed E-state index contributed by atoms with van der Waals surface area (Å²) in [4.78, 5) is 18.5. The summed E-state index contributed by atoms with van der Waals surface area (Å²) in [5, 5.41) is 18.1. The smallest absolute Gasteiger partial charge is 0.338 e. The monoisotopic (exact) mass is 433 g/mol. The van der Waals surface area contributed by atoms with E-state index < -0.39 is 12.1 Å². The number of hydrogen-bond acceptors (Lipinski definition) is 7. The van der Waals surface area contributed by atoms with E-state index in [1.807, 2.05) is 25.1 Å². The highest BCUT2D eigenvalue weighted by molar-refractivity contribution is 6.31. The van der Waals surface area contributed by atoms with Gasteiger partial charge in [-0.1, -0.05) is 35.0 Å². The van der Waals surface area contributed by atoms with Crippen LogP contribution < -0.4 is 0 Å². The summed E-state index contributed by atoms with van der Waals surface area (Å²) in [7, 11) is 0. The largest absolute Gasteiger partial charge is 0.454 e. The van der Waals surface area contributed by atoms with Gasteiger partial charge in [-0.25, -0.2) is 4.79 Å². The van der Waals surface area contributed by atoms with Crippen LogP contribution in [0.5, 0.6) is 0 Å². The zero-order chi connectivity index (χ0) is 21.7. The van der Waals surface area contributed by atoms with Crippen LogP contribution in [0.1, 0.15) is 23.7 Å². The van der Waals surface area contributed by atoms with Crippen molar-refractivity contribution in [2.24, 2.45) is 5.16 Å². The second-order valence-electron chi connectivity index (χ2n) is 7.04. The second-order valence-corrected chi connectivity index (χ2v) is 7.44. The normalized spacial score (nSPS) is 15.7. The fourth-order valence-corrected chi connectivity index (χ4v) is 3.22. The van der Waals surface area contributed by atoms with Crippen LogP contribution in [0.3, 0.4) is 0 Å². The zero-order valence-corrected chi connectivity index (χ0v) is 17.6. The number of ether oxygens (including phenoxy) is 2. The summed E-state index contributed by atoms with van der Waals surface area (Å²) < 4.78 is 12.3. The number of rotatable bonds is 9. The number of oxime groups is 1. The minimum atomic E-state index is -0.589. The average Bonchev–Trinajstić information content (AvgIpc) is 3.02. The first-order chi connectivity index (χ1) is 14.4. The highest BCUT2D eigenvalue weighted by Crippen LogP contribution is 2.29. The van der Waals surface area contributed by atoms with E-state index in [1.165, 1.54) is 0 Å². The molecule has 1 unspecified atom stereocenters. The van der Waals surface area contributed by atoms with Gasteiger partial charge >= 0.3 is 5.97 Å². The van der Waals surface area contributed by atoms with Crippen molar-refractivity contribution in [2.75, 3.05) is 13.2 Å². The number of aliphatic hydroxyl groups is 1. The number of hydrogen-bond donors (Lipinski definition) is 1. The highest BCUT2D eigenvalue weighted by Gasteiger charge is 2.29. The molecule has 1 aliphatic rings. The molecule has 8 nitrogen and oxygen atoms in total. The summed E-state index contributed by atoms with van der Waals surface area (Å²) in [6.45, 7) is 7.88. The maximum atomic E-state index is 13.1. The van der Waals surface area contributed by atoms with Crippen LogP contribution >= 0.6 is 11.6 Å². The summed E-state index contributed by atoms with van der Waals surface area (Å²) in [5.74, 6) is -0.367. The number of benzene rings is 1. The van der Waals surface area contributed by atoms with Crippen LogP contribution in [0, 0.1) is 6.92 Å². The van der Waals surface area contributed by atoms with Gasteiger partial charge in [-0.3, -0.25) is 4.68 Å². The molecule has 0 spiro atoms. The molecule has 160 valence electrons. The second kappa shape index (κ2) is 9.88. The van der Waals surface area contributed by atoms with Crippen molar-refractivity contribution in [2.45, 2.75) is 39.0 Å². The Morgan fingerprint density at radius 2 is 2.20 bits per heavy atom. The third-order valence-corrected chi connectivity index (χ3v) is 5.04. The molecule has 1 atom stereocenters. The number of aromatic nitrogens is 2. The van der Waals surface area contributed by atoms with E-state index in [4.69, 9.17) is 25.9 Å². The molecule has 1 aromatic carbocycles. The van der Waals surface area contributed by atoms with Crippen LogP contribution in [0.25, 0.3) is 5.76 Å². The standard InChI is InChI=1S/C21H24ClN3O5/c1-13(26)10-25-14(2)18(9-24-25)20(30-23-3)17(21(27)29-16-11-28-12-16)8-15-6-4-5-7-19(15)22/h4-7,9,13,16,26H,3,8,10-12H2,1-2H3/b20-17+. The molecule has 3 rings (SSSR count). The van der Waals surface area contributed by atoms with Crippen molar-refractivity contribution >= 4 is 30.0 Å². The van der Waals surface area contributed by atoms with Crippen molar-refractivity contribution in [3.05, 3.63) is 57.9 Å². The van der Waals surface area contributed by atoms with E-state index in [9.17, 15) is 9.90 Å².